The first-order valence-corrected chi connectivity index (χ1v) is 8.44. The number of aliphatic imine (C=N–C) groups is 1. The lowest BCUT2D eigenvalue weighted by atomic mass is 10.2. The fourth-order valence-corrected chi connectivity index (χ4v) is 2.39. The topological polar surface area (TPSA) is 45.5 Å². The zero-order chi connectivity index (χ0) is 17.2. The van der Waals surface area contributed by atoms with Gasteiger partial charge in [0.05, 0.1) is 12.2 Å². The van der Waals surface area contributed by atoms with Gasteiger partial charge in [0.25, 0.3) is 0 Å². The molecule has 2 rings (SSSR count). The lowest BCUT2D eigenvalue weighted by molar-refractivity contribution is 0.470. The molecule has 0 radical (unpaired) electrons. The van der Waals surface area contributed by atoms with Gasteiger partial charge in [0.2, 0.25) is 0 Å². The number of hydrogen-bond acceptors (Lipinski definition) is 2. The van der Waals surface area contributed by atoms with Gasteiger partial charge in [-0.3, -0.25) is 0 Å². The summed E-state index contributed by atoms with van der Waals surface area (Å²) in [4.78, 5) is 6.91. The average Bonchev–Trinajstić information content (AvgIpc) is 3.14. The number of rotatable bonds is 8. The summed E-state index contributed by atoms with van der Waals surface area (Å²) in [7, 11) is 2.07. The van der Waals surface area contributed by atoms with Crippen LogP contribution < -0.4 is 5.32 Å². The molecule has 0 aliphatic heterocycles. The van der Waals surface area contributed by atoms with Gasteiger partial charge in [-0.15, -0.1) is 6.58 Å². The minimum Gasteiger partial charge on any atom is -0.357 e. The SMILES string of the molecule is C=CCCCN(C)C(=NCc1ccc(-n2cccn2)cc1)NCC. The quantitative estimate of drug-likeness (QED) is 0.351. The third-order valence-electron chi connectivity index (χ3n) is 3.71. The maximum absolute atomic E-state index is 4.74. The van der Waals surface area contributed by atoms with Crippen LogP contribution in [-0.4, -0.2) is 40.8 Å². The van der Waals surface area contributed by atoms with Gasteiger partial charge in [-0.05, 0) is 43.5 Å². The van der Waals surface area contributed by atoms with E-state index in [4.69, 9.17) is 4.99 Å². The molecule has 0 spiro atoms. The van der Waals surface area contributed by atoms with E-state index in [1.807, 2.05) is 23.0 Å². The maximum atomic E-state index is 4.74. The van der Waals surface area contributed by atoms with Crippen LogP contribution >= 0.6 is 0 Å². The highest BCUT2D eigenvalue weighted by Gasteiger charge is 2.05. The van der Waals surface area contributed by atoms with E-state index >= 15 is 0 Å². The molecule has 24 heavy (non-hydrogen) atoms. The van der Waals surface area contributed by atoms with E-state index in [0.717, 1.165) is 37.6 Å². The molecule has 5 heteroatoms. The molecule has 5 nitrogen and oxygen atoms in total. The van der Waals surface area contributed by atoms with Crippen molar-refractivity contribution in [3.8, 4) is 5.69 Å². The Morgan fingerprint density at radius 3 is 2.79 bits per heavy atom. The van der Waals surface area contributed by atoms with Crippen LogP contribution in [0.1, 0.15) is 25.3 Å². The number of nitrogens with one attached hydrogen (secondary N) is 1. The molecule has 0 fully saturated rings. The normalized spacial score (nSPS) is 11.3. The molecule has 0 amide bonds. The van der Waals surface area contributed by atoms with Gasteiger partial charge in [-0.2, -0.15) is 5.10 Å². The second-order valence-corrected chi connectivity index (χ2v) is 5.64. The molecule has 1 aromatic heterocycles. The van der Waals surface area contributed by atoms with Gasteiger partial charge in [-0.1, -0.05) is 18.2 Å². The van der Waals surface area contributed by atoms with E-state index in [0.29, 0.717) is 6.54 Å². The number of benzene rings is 1. The first-order valence-electron chi connectivity index (χ1n) is 8.44. The van der Waals surface area contributed by atoms with E-state index in [-0.39, 0.29) is 0 Å². The largest absolute Gasteiger partial charge is 0.357 e. The molecule has 0 saturated heterocycles. The summed E-state index contributed by atoms with van der Waals surface area (Å²) in [5.41, 5.74) is 2.24. The molecule has 1 N–H and O–H groups in total. The minimum atomic E-state index is 0.660. The van der Waals surface area contributed by atoms with Gasteiger partial charge in [0, 0.05) is 32.5 Å². The average molecular weight is 325 g/mol. The fraction of sp³-hybridized carbons (Fsp3) is 0.368. The van der Waals surface area contributed by atoms with Crippen LogP contribution in [0.15, 0.2) is 60.4 Å². The second kappa shape index (κ2) is 9.55. The van der Waals surface area contributed by atoms with Crippen LogP contribution in [0.2, 0.25) is 0 Å². The Morgan fingerprint density at radius 2 is 2.17 bits per heavy atom. The van der Waals surface area contributed by atoms with Gasteiger partial charge in [-0.25, -0.2) is 9.67 Å². The van der Waals surface area contributed by atoms with Crippen molar-refractivity contribution >= 4 is 5.96 Å². The Balaban J connectivity index is 1.98. The predicted molar refractivity (Wildman–Crippen MR) is 100 cm³/mol. The molecule has 0 aliphatic rings. The Kier molecular flexibility index (Phi) is 7.08. The third-order valence-corrected chi connectivity index (χ3v) is 3.71. The molecule has 1 aromatic carbocycles. The Bertz CT molecular complexity index is 628. The molecule has 0 aliphatic carbocycles. The van der Waals surface area contributed by atoms with Gasteiger partial charge < -0.3 is 10.2 Å². The Labute approximate surface area is 144 Å². The smallest absolute Gasteiger partial charge is 0.193 e. The van der Waals surface area contributed by atoms with Gasteiger partial charge in [0.1, 0.15) is 0 Å². The zero-order valence-electron chi connectivity index (χ0n) is 14.7. The maximum Gasteiger partial charge on any atom is 0.193 e. The summed E-state index contributed by atoms with van der Waals surface area (Å²) >= 11 is 0. The van der Waals surface area contributed by atoms with E-state index in [1.165, 1.54) is 5.56 Å². The van der Waals surface area contributed by atoms with Crippen LogP contribution in [0, 0.1) is 0 Å². The van der Waals surface area contributed by atoms with E-state index in [9.17, 15) is 0 Å². The van der Waals surface area contributed by atoms with Crippen molar-refractivity contribution in [3.63, 3.8) is 0 Å². The summed E-state index contributed by atoms with van der Waals surface area (Å²) in [6.45, 7) is 8.35. The fourth-order valence-electron chi connectivity index (χ4n) is 2.39. The number of guanidine groups is 1. The number of unbranched alkanes of at least 4 members (excludes halogenated alkanes) is 1. The summed E-state index contributed by atoms with van der Waals surface area (Å²) < 4.78 is 1.85. The highest BCUT2D eigenvalue weighted by Crippen LogP contribution is 2.09. The van der Waals surface area contributed by atoms with Crippen molar-refractivity contribution in [3.05, 3.63) is 60.9 Å². The lowest BCUT2D eigenvalue weighted by Crippen LogP contribution is -2.39. The van der Waals surface area contributed by atoms with Crippen LogP contribution in [0.3, 0.4) is 0 Å². The predicted octanol–water partition coefficient (Wildman–Crippen LogP) is 3.24. The number of aromatic nitrogens is 2. The third kappa shape index (κ3) is 5.26. The molecule has 0 saturated carbocycles. The van der Waals surface area contributed by atoms with Gasteiger partial charge in [0.15, 0.2) is 5.96 Å². The molecule has 1 heterocycles. The number of hydrogen-bond donors (Lipinski definition) is 1. The molecule has 2 aromatic rings. The van der Waals surface area contributed by atoms with Crippen molar-refractivity contribution in [2.24, 2.45) is 4.99 Å². The first-order chi connectivity index (χ1) is 11.7. The summed E-state index contributed by atoms with van der Waals surface area (Å²) in [6.07, 6.45) is 7.79. The van der Waals surface area contributed by atoms with E-state index in [2.05, 4.69) is 60.1 Å². The summed E-state index contributed by atoms with van der Waals surface area (Å²) in [6, 6.07) is 10.3. The summed E-state index contributed by atoms with van der Waals surface area (Å²) in [5, 5.41) is 7.59. The Hall–Kier alpha value is -2.56. The van der Waals surface area contributed by atoms with Gasteiger partial charge >= 0.3 is 0 Å². The number of nitrogens with zero attached hydrogens (tertiary/aromatic N) is 4. The summed E-state index contributed by atoms with van der Waals surface area (Å²) in [5.74, 6) is 0.942. The Morgan fingerprint density at radius 1 is 1.38 bits per heavy atom. The van der Waals surface area contributed by atoms with Crippen LogP contribution in [-0.2, 0) is 6.54 Å². The van der Waals surface area contributed by atoms with E-state index in [1.54, 1.807) is 6.20 Å². The van der Waals surface area contributed by atoms with Crippen molar-refractivity contribution in [2.45, 2.75) is 26.3 Å². The molecule has 128 valence electrons. The van der Waals surface area contributed by atoms with Crippen molar-refractivity contribution < 1.29 is 0 Å². The molecular weight excluding hydrogens is 298 g/mol. The standard InChI is InChI=1S/C19H27N5/c1-4-6-7-14-23(3)19(20-5-2)21-16-17-9-11-18(12-10-17)24-15-8-13-22-24/h4,8-13,15H,1,5-7,14,16H2,2-3H3,(H,20,21). The first kappa shape index (κ1) is 17.8. The molecule has 0 unspecified atom stereocenters. The highest BCUT2D eigenvalue weighted by molar-refractivity contribution is 5.79. The highest BCUT2D eigenvalue weighted by atomic mass is 15.3. The lowest BCUT2D eigenvalue weighted by Gasteiger charge is -2.21. The van der Waals surface area contributed by atoms with Crippen LogP contribution in [0.5, 0.6) is 0 Å². The second-order valence-electron chi connectivity index (χ2n) is 5.64. The minimum absolute atomic E-state index is 0.660. The number of allylic oxidation sites excluding steroid dienone is 1. The van der Waals surface area contributed by atoms with Crippen molar-refractivity contribution in [1.82, 2.24) is 20.0 Å². The van der Waals surface area contributed by atoms with Crippen LogP contribution in [0.25, 0.3) is 5.69 Å². The van der Waals surface area contributed by atoms with Crippen molar-refractivity contribution in [1.29, 1.82) is 0 Å². The molecular formula is C19H27N5. The van der Waals surface area contributed by atoms with E-state index < -0.39 is 0 Å². The zero-order valence-corrected chi connectivity index (χ0v) is 14.7. The van der Waals surface area contributed by atoms with Crippen LogP contribution in [0.4, 0.5) is 0 Å². The van der Waals surface area contributed by atoms with Crippen molar-refractivity contribution in [2.75, 3.05) is 20.1 Å². The molecule has 0 bridgehead atoms. The molecule has 0 atom stereocenters. The monoisotopic (exact) mass is 325 g/mol.